The Hall–Kier alpha value is -3.42. The molecule has 0 aliphatic carbocycles. The Kier molecular flexibility index (Phi) is 7.05. The summed E-state index contributed by atoms with van der Waals surface area (Å²) in [6.45, 7) is 11.7. The summed E-state index contributed by atoms with van der Waals surface area (Å²) in [5.74, 6) is -0.230. The number of para-hydroxylation sites is 1. The maximum atomic E-state index is 13.2. The van der Waals surface area contributed by atoms with E-state index in [0.29, 0.717) is 5.69 Å². The molecule has 0 saturated carbocycles. The molecule has 2 amide bonds. The highest BCUT2D eigenvalue weighted by molar-refractivity contribution is 6.06. The minimum atomic E-state index is -0.832. The van der Waals surface area contributed by atoms with Crippen LogP contribution in [-0.2, 0) is 9.59 Å². The van der Waals surface area contributed by atoms with Crippen molar-refractivity contribution >= 4 is 28.9 Å². The number of nitrogens with zero attached hydrogens (tertiary/aromatic N) is 2. The number of non-ortho nitro benzene ring substituents is 1. The van der Waals surface area contributed by atoms with Gasteiger partial charge >= 0.3 is 0 Å². The van der Waals surface area contributed by atoms with Crippen molar-refractivity contribution in [1.82, 2.24) is 0 Å². The molecule has 0 bridgehead atoms. The smallest absolute Gasteiger partial charge is 0.273 e. The molecule has 1 unspecified atom stereocenters. The Morgan fingerprint density at radius 1 is 1.09 bits per heavy atom. The number of carbonyl (C=O) groups is 2. The van der Waals surface area contributed by atoms with Crippen LogP contribution in [0.1, 0.15) is 64.5 Å². The molecule has 0 fully saturated rings. The van der Waals surface area contributed by atoms with Crippen LogP contribution in [0.15, 0.2) is 36.4 Å². The third-order valence-electron chi connectivity index (χ3n) is 5.75. The first-order valence-electron chi connectivity index (χ1n) is 11.2. The molecule has 0 spiro atoms. The number of carbonyl (C=O) groups excluding carboxylic acids is 2. The first-order valence-corrected chi connectivity index (χ1v) is 11.2. The number of nitrogens with one attached hydrogen (secondary N) is 1. The van der Waals surface area contributed by atoms with Crippen LogP contribution in [0.3, 0.4) is 0 Å². The highest BCUT2D eigenvalue weighted by atomic mass is 16.6. The Morgan fingerprint density at radius 2 is 1.70 bits per heavy atom. The van der Waals surface area contributed by atoms with Gasteiger partial charge in [-0.25, -0.2) is 0 Å². The highest BCUT2D eigenvalue weighted by Gasteiger charge is 2.38. The van der Waals surface area contributed by atoms with E-state index in [-0.39, 0.29) is 47.5 Å². The van der Waals surface area contributed by atoms with Crippen LogP contribution in [-0.4, -0.2) is 29.4 Å². The topological polar surface area (TPSA) is 102 Å². The standard InChI is InChI=1S/C25H31N3O5/c1-14(2)18-8-7-9-19(15(3)4)23(18)26-22(29)13-27-20-11-10-17(28(31)32)12-21(20)33-24(16(5)6)25(27)30/h7-12,14-16,24H,13H2,1-6H3,(H,26,29). The van der Waals surface area contributed by atoms with E-state index < -0.39 is 11.0 Å². The van der Waals surface area contributed by atoms with Crippen LogP contribution in [0.2, 0.25) is 0 Å². The molecule has 1 atom stereocenters. The highest BCUT2D eigenvalue weighted by Crippen LogP contribution is 2.38. The lowest BCUT2D eigenvalue weighted by Crippen LogP contribution is -2.50. The number of nitro groups is 1. The largest absolute Gasteiger partial charge is 0.478 e. The minimum absolute atomic E-state index is 0.137. The molecule has 0 saturated heterocycles. The van der Waals surface area contributed by atoms with Crippen LogP contribution < -0.4 is 15.0 Å². The number of anilines is 2. The fraction of sp³-hybridized carbons (Fsp3) is 0.440. The van der Waals surface area contributed by atoms with Crippen LogP contribution in [0.4, 0.5) is 17.1 Å². The zero-order chi connectivity index (χ0) is 24.4. The molecule has 33 heavy (non-hydrogen) atoms. The molecular formula is C25H31N3O5. The predicted octanol–water partition coefficient (Wildman–Crippen LogP) is 5.23. The summed E-state index contributed by atoms with van der Waals surface area (Å²) >= 11 is 0. The monoisotopic (exact) mass is 453 g/mol. The van der Waals surface area contributed by atoms with Crippen molar-refractivity contribution in [3.05, 3.63) is 57.6 Å². The predicted molar refractivity (Wildman–Crippen MR) is 128 cm³/mol. The van der Waals surface area contributed by atoms with Gasteiger partial charge in [0.1, 0.15) is 6.54 Å². The van der Waals surface area contributed by atoms with E-state index in [0.717, 1.165) is 16.8 Å². The molecule has 2 aromatic rings. The zero-order valence-corrected chi connectivity index (χ0v) is 19.9. The second-order valence-corrected chi connectivity index (χ2v) is 9.29. The van der Waals surface area contributed by atoms with Gasteiger partial charge in [0.15, 0.2) is 11.9 Å². The third kappa shape index (κ3) is 4.99. The van der Waals surface area contributed by atoms with E-state index >= 15 is 0 Å². The fourth-order valence-electron chi connectivity index (χ4n) is 4.00. The van der Waals surface area contributed by atoms with Gasteiger partial charge in [-0.1, -0.05) is 59.7 Å². The van der Waals surface area contributed by atoms with Gasteiger partial charge in [0, 0.05) is 11.8 Å². The lowest BCUT2D eigenvalue weighted by atomic mass is 9.92. The molecule has 8 heteroatoms. The molecule has 0 radical (unpaired) electrons. The van der Waals surface area contributed by atoms with Crippen LogP contribution in [0.25, 0.3) is 0 Å². The van der Waals surface area contributed by atoms with Crippen LogP contribution in [0, 0.1) is 16.0 Å². The molecule has 1 aliphatic rings. The number of rotatable bonds is 7. The summed E-state index contributed by atoms with van der Waals surface area (Å²) in [5.41, 5.74) is 3.04. The number of fused-ring (bicyclic) bond motifs is 1. The number of amides is 2. The lowest BCUT2D eigenvalue weighted by molar-refractivity contribution is -0.384. The van der Waals surface area contributed by atoms with E-state index in [2.05, 4.69) is 33.0 Å². The summed E-state index contributed by atoms with van der Waals surface area (Å²) < 4.78 is 5.80. The molecule has 176 valence electrons. The summed E-state index contributed by atoms with van der Waals surface area (Å²) in [5, 5.41) is 14.2. The van der Waals surface area contributed by atoms with Crippen molar-refractivity contribution in [1.29, 1.82) is 0 Å². The van der Waals surface area contributed by atoms with E-state index in [1.807, 2.05) is 32.0 Å². The summed E-state index contributed by atoms with van der Waals surface area (Å²) in [4.78, 5) is 38.4. The van der Waals surface area contributed by atoms with Crippen molar-refractivity contribution in [3.8, 4) is 5.75 Å². The zero-order valence-electron chi connectivity index (χ0n) is 19.9. The van der Waals surface area contributed by atoms with Gasteiger partial charge in [0.05, 0.1) is 16.7 Å². The van der Waals surface area contributed by atoms with Gasteiger partial charge in [0.25, 0.3) is 11.6 Å². The van der Waals surface area contributed by atoms with Gasteiger partial charge in [-0.3, -0.25) is 24.6 Å². The van der Waals surface area contributed by atoms with Gasteiger partial charge in [-0.2, -0.15) is 0 Å². The number of hydrogen-bond donors (Lipinski definition) is 1. The Morgan fingerprint density at radius 3 is 2.21 bits per heavy atom. The molecule has 1 aliphatic heterocycles. The maximum Gasteiger partial charge on any atom is 0.273 e. The fourth-order valence-corrected chi connectivity index (χ4v) is 4.00. The number of nitro benzene ring substituents is 1. The lowest BCUT2D eigenvalue weighted by Gasteiger charge is -2.35. The van der Waals surface area contributed by atoms with Crippen molar-refractivity contribution in [2.75, 3.05) is 16.8 Å². The van der Waals surface area contributed by atoms with E-state index in [1.165, 1.54) is 23.1 Å². The van der Waals surface area contributed by atoms with E-state index in [9.17, 15) is 19.7 Å². The van der Waals surface area contributed by atoms with E-state index in [1.54, 1.807) is 0 Å². The molecule has 3 rings (SSSR count). The average molecular weight is 454 g/mol. The third-order valence-corrected chi connectivity index (χ3v) is 5.75. The first-order chi connectivity index (χ1) is 15.5. The quantitative estimate of drug-likeness (QED) is 0.457. The molecule has 2 aromatic carbocycles. The minimum Gasteiger partial charge on any atom is -0.478 e. The molecular weight excluding hydrogens is 422 g/mol. The normalized spacial score (nSPS) is 15.6. The first kappa shape index (κ1) is 24.2. The van der Waals surface area contributed by atoms with Gasteiger partial charge in [0.2, 0.25) is 5.91 Å². The Bertz CT molecular complexity index is 1050. The summed E-state index contributed by atoms with van der Waals surface area (Å²) in [6.07, 6.45) is -0.832. The van der Waals surface area contributed by atoms with Gasteiger partial charge in [-0.15, -0.1) is 0 Å². The number of ether oxygens (including phenoxy) is 1. The average Bonchev–Trinajstić information content (AvgIpc) is 2.74. The van der Waals surface area contributed by atoms with Gasteiger partial charge < -0.3 is 10.1 Å². The second kappa shape index (κ2) is 9.60. The van der Waals surface area contributed by atoms with Crippen molar-refractivity contribution in [2.24, 2.45) is 5.92 Å². The van der Waals surface area contributed by atoms with E-state index in [4.69, 9.17) is 4.74 Å². The van der Waals surface area contributed by atoms with Crippen LogP contribution in [0.5, 0.6) is 5.75 Å². The molecule has 8 nitrogen and oxygen atoms in total. The second-order valence-electron chi connectivity index (χ2n) is 9.29. The SMILES string of the molecule is CC(C)c1cccc(C(C)C)c1NC(=O)CN1C(=O)C(C(C)C)Oc2cc([N+](=O)[O-])ccc21. The summed E-state index contributed by atoms with van der Waals surface area (Å²) in [7, 11) is 0. The summed E-state index contributed by atoms with van der Waals surface area (Å²) in [6, 6.07) is 10.0. The van der Waals surface area contributed by atoms with Crippen LogP contribution >= 0.6 is 0 Å². The number of benzene rings is 2. The Labute approximate surface area is 194 Å². The van der Waals surface area contributed by atoms with Crippen molar-refractivity contribution in [2.45, 2.75) is 59.5 Å². The Balaban J connectivity index is 1.95. The van der Waals surface area contributed by atoms with Gasteiger partial charge in [-0.05, 0) is 34.9 Å². The van der Waals surface area contributed by atoms with Crippen molar-refractivity contribution < 1.29 is 19.2 Å². The molecule has 0 aromatic heterocycles. The maximum absolute atomic E-state index is 13.2. The number of hydrogen-bond acceptors (Lipinski definition) is 5. The molecule has 1 N–H and O–H groups in total. The van der Waals surface area contributed by atoms with Crippen molar-refractivity contribution in [3.63, 3.8) is 0 Å². The molecule has 1 heterocycles.